The van der Waals surface area contributed by atoms with Crippen molar-refractivity contribution in [3.05, 3.63) is 30.5 Å². The lowest BCUT2D eigenvalue weighted by molar-refractivity contribution is -0.133. The van der Waals surface area contributed by atoms with Gasteiger partial charge < -0.3 is 14.6 Å². The van der Waals surface area contributed by atoms with E-state index in [1.54, 1.807) is 6.20 Å². The Labute approximate surface area is 143 Å². The van der Waals surface area contributed by atoms with Gasteiger partial charge in [0.25, 0.3) is 0 Å². The molecule has 0 aliphatic carbocycles. The molecule has 0 aromatic carbocycles. The van der Waals surface area contributed by atoms with Crippen LogP contribution in [-0.2, 0) is 21.4 Å². The van der Waals surface area contributed by atoms with Crippen LogP contribution in [0.15, 0.2) is 23.3 Å². The fraction of sp³-hybridized carbons (Fsp3) is 0.611. The zero-order chi connectivity index (χ0) is 17.7. The number of carbonyl (C=O) groups excluding carboxylic acids is 2. The normalized spacial score (nSPS) is 18.3. The molecule has 2 heterocycles. The molecule has 6 nitrogen and oxygen atoms in total. The van der Waals surface area contributed by atoms with Crippen LogP contribution in [0.4, 0.5) is 0 Å². The molecular weight excluding hydrogens is 306 g/mol. The lowest BCUT2D eigenvalue weighted by Gasteiger charge is -2.33. The number of rotatable bonds is 5. The molecule has 0 bridgehead atoms. The lowest BCUT2D eigenvalue weighted by Crippen LogP contribution is -2.49. The van der Waals surface area contributed by atoms with Gasteiger partial charge in [-0.15, -0.1) is 0 Å². The summed E-state index contributed by atoms with van der Waals surface area (Å²) in [7, 11) is 0. The average molecular weight is 333 g/mol. The van der Waals surface area contributed by atoms with Crippen LogP contribution in [0.2, 0.25) is 0 Å². The first-order valence-electron chi connectivity index (χ1n) is 8.45. The standard InChI is InChI=1S/C18H27N3O3/c1-5-15(22)20-13-7-6-10-21(12-13)17(23)9-8-16-19-11-14(24-16)18(2,3)4/h5,11,13H,1,6-10,12H2,2-4H3,(H,20,22)/t13-/m1/s1. The number of aromatic nitrogens is 1. The van der Waals surface area contributed by atoms with Gasteiger partial charge in [0.2, 0.25) is 11.8 Å². The van der Waals surface area contributed by atoms with Gasteiger partial charge in [-0.1, -0.05) is 27.4 Å². The zero-order valence-electron chi connectivity index (χ0n) is 14.8. The maximum atomic E-state index is 12.4. The largest absolute Gasteiger partial charge is 0.445 e. The fourth-order valence-electron chi connectivity index (χ4n) is 2.73. The number of piperidine rings is 1. The summed E-state index contributed by atoms with van der Waals surface area (Å²) in [4.78, 5) is 29.9. The van der Waals surface area contributed by atoms with Crippen molar-refractivity contribution < 1.29 is 14.0 Å². The Morgan fingerprint density at radius 1 is 1.50 bits per heavy atom. The highest BCUT2D eigenvalue weighted by Crippen LogP contribution is 2.23. The molecule has 2 rings (SSSR count). The first-order chi connectivity index (χ1) is 11.3. The number of nitrogens with one attached hydrogen (secondary N) is 1. The minimum atomic E-state index is -0.191. The summed E-state index contributed by atoms with van der Waals surface area (Å²) >= 11 is 0. The summed E-state index contributed by atoms with van der Waals surface area (Å²) in [5.74, 6) is 1.31. The van der Waals surface area contributed by atoms with Crippen molar-refractivity contribution in [1.82, 2.24) is 15.2 Å². The number of likely N-dealkylation sites (tertiary alicyclic amines) is 1. The van der Waals surface area contributed by atoms with E-state index in [2.05, 4.69) is 37.7 Å². The van der Waals surface area contributed by atoms with E-state index in [1.807, 2.05) is 4.90 Å². The first kappa shape index (κ1) is 18.2. The third kappa shape index (κ3) is 4.94. The van der Waals surface area contributed by atoms with Crippen LogP contribution in [0, 0.1) is 0 Å². The number of hydrogen-bond acceptors (Lipinski definition) is 4. The molecular formula is C18H27N3O3. The zero-order valence-corrected chi connectivity index (χ0v) is 14.8. The third-order valence-corrected chi connectivity index (χ3v) is 4.15. The van der Waals surface area contributed by atoms with E-state index in [0.717, 1.165) is 25.1 Å². The van der Waals surface area contributed by atoms with Gasteiger partial charge in [0.05, 0.1) is 6.20 Å². The molecule has 1 aliphatic rings. The molecule has 0 radical (unpaired) electrons. The van der Waals surface area contributed by atoms with Crippen LogP contribution in [0.5, 0.6) is 0 Å². The molecule has 0 unspecified atom stereocenters. The highest BCUT2D eigenvalue weighted by Gasteiger charge is 2.25. The average Bonchev–Trinajstić information content (AvgIpc) is 3.02. The first-order valence-corrected chi connectivity index (χ1v) is 8.45. The van der Waals surface area contributed by atoms with Crippen molar-refractivity contribution in [3.63, 3.8) is 0 Å². The summed E-state index contributed by atoms with van der Waals surface area (Å²) < 4.78 is 5.72. The van der Waals surface area contributed by atoms with Crippen LogP contribution in [0.1, 0.15) is 51.7 Å². The molecule has 2 amide bonds. The van der Waals surface area contributed by atoms with Crippen molar-refractivity contribution in [2.45, 2.75) is 57.9 Å². The van der Waals surface area contributed by atoms with Crippen LogP contribution >= 0.6 is 0 Å². The maximum absolute atomic E-state index is 12.4. The van der Waals surface area contributed by atoms with E-state index in [4.69, 9.17) is 4.42 Å². The summed E-state index contributed by atoms with van der Waals surface area (Å²) in [6.07, 6.45) is 5.64. The van der Waals surface area contributed by atoms with E-state index >= 15 is 0 Å². The molecule has 0 saturated carbocycles. The summed E-state index contributed by atoms with van der Waals surface area (Å²) in [6.45, 7) is 10.9. The number of carbonyl (C=O) groups is 2. The SMILES string of the molecule is C=CC(=O)N[C@@H]1CCCN(C(=O)CCc2ncc(C(C)(C)C)o2)C1. The number of amides is 2. The van der Waals surface area contributed by atoms with Crippen molar-refractivity contribution in [3.8, 4) is 0 Å². The van der Waals surface area contributed by atoms with Crippen LogP contribution in [-0.4, -0.2) is 40.8 Å². The highest BCUT2D eigenvalue weighted by atomic mass is 16.4. The second kappa shape index (κ2) is 7.64. The molecule has 132 valence electrons. The number of nitrogens with zero attached hydrogens (tertiary/aromatic N) is 2. The van der Waals surface area contributed by atoms with Gasteiger partial charge >= 0.3 is 0 Å². The second-order valence-corrected chi connectivity index (χ2v) is 7.26. The summed E-state index contributed by atoms with van der Waals surface area (Å²) in [6, 6.07) is 0.00225. The minimum absolute atomic E-state index is 0.00225. The topological polar surface area (TPSA) is 75.4 Å². The third-order valence-electron chi connectivity index (χ3n) is 4.15. The van der Waals surface area contributed by atoms with Crippen molar-refractivity contribution in [1.29, 1.82) is 0 Å². The quantitative estimate of drug-likeness (QED) is 0.838. The molecule has 1 aliphatic heterocycles. The summed E-state index contributed by atoms with van der Waals surface area (Å²) in [5.41, 5.74) is -0.0846. The monoisotopic (exact) mass is 333 g/mol. The smallest absolute Gasteiger partial charge is 0.243 e. The Morgan fingerprint density at radius 3 is 2.88 bits per heavy atom. The Hall–Kier alpha value is -2.11. The summed E-state index contributed by atoms with van der Waals surface area (Å²) in [5, 5.41) is 2.87. The van der Waals surface area contributed by atoms with Gasteiger partial charge in [0.15, 0.2) is 5.89 Å². The molecule has 24 heavy (non-hydrogen) atoms. The van der Waals surface area contributed by atoms with E-state index in [9.17, 15) is 9.59 Å². The molecule has 1 fully saturated rings. The number of oxazole rings is 1. The minimum Gasteiger partial charge on any atom is -0.445 e. The van der Waals surface area contributed by atoms with Gasteiger partial charge in [-0.3, -0.25) is 9.59 Å². The molecule has 0 spiro atoms. The number of aryl methyl sites for hydroxylation is 1. The van der Waals surface area contributed by atoms with E-state index in [-0.39, 0.29) is 23.3 Å². The predicted molar refractivity (Wildman–Crippen MR) is 91.5 cm³/mol. The lowest BCUT2D eigenvalue weighted by atomic mass is 9.94. The van der Waals surface area contributed by atoms with Gasteiger partial charge in [0, 0.05) is 37.4 Å². The van der Waals surface area contributed by atoms with E-state index in [1.165, 1.54) is 6.08 Å². The number of hydrogen-bond donors (Lipinski definition) is 1. The predicted octanol–water partition coefficient (Wildman–Crippen LogP) is 2.20. The van der Waals surface area contributed by atoms with Gasteiger partial charge in [0.1, 0.15) is 5.76 Å². The Kier molecular flexibility index (Phi) is 5.80. The molecule has 1 saturated heterocycles. The molecule has 1 N–H and O–H groups in total. The Morgan fingerprint density at radius 2 is 2.25 bits per heavy atom. The van der Waals surface area contributed by atoms with Crippen molar-refractivity contribution in [2.75, 3.05) is 13.1 Å². The second-order valence-electron chi connectivity index (χ2n) is 7.26. The van der Waals surface area contributed by atoms with Crippen molar-refractivity contribution >= 4 is 11.8 Å². The van der Waals surface area contributed by atoms with E-state index < -0.39 is 0 Å². The molecule has 1 aromatic heterocycles. The fourth-order valence-corrected chi connectivity index (χ4v) is 2.73. The van der Waals surface area contributed by atoms with Crippen molar-refractivity contribution in [2.24, 2.45) is 0 Å². The highest BCUT2D eigenvalue weighted by molar-refractivity contribution is 5.87. The van der Waals surface area contributed by atoms with Crippen LogP contribution in [0.25, 0.3) is 0 Å². The van der Waals surface area contributed by atoms with Crippen LogP contribution < -0.4 is 5.32 Å². The molecule has 1 aromatic rings. The Bertz CT molecular complexity index is 601. The Balaban J connectivity index is 1.84. The van der Waals surface area contributed by atoms with Gasteiger partial charge in [-0.05, 0) is 18.9 Å². The van der Waals surface area contributed by atoms with Crippen LogP contribution in [0.3, 0.4) is 0 Å². The molecule has 1 atom stereocenters. The van der Waals surface area contributed by atoms with Gasteiger partial charge in [-0.25, -0.2) is 4.98 Å². The van der Waals surface area contributed by atoms with Gasteiger partial charge in [-0.2, -0.15) is 0 Å². The maximum Gasteiger partial charge on any atom is 0.243 e. The van der Waals surface area contributed by atoms with E-state index in [0.29, 0.717) is 25.3 Å². The molecule has 6 heteroatoms.